The zero-order chi connectivity index (χ0) is 13.0. The van der Waals surface area contributed by atoms with Crippen LogP contribution in [-0.2, 0) is 6.42 Å². The normalized spacial score (nSPS) is 10.1. The van der Waals surface area contributed by atoms with Gasteiger partial charge in [0.25, 0.3) is 0 Å². The maximum Gasteiger partial charge on any atom is 0.130 e. The van der Waals surface area contributed by atoms with E-state index in [0.29, 0.717) is 5.84 Å². The molecule has 2 rings (SSSR count). The van der Waals surface area contributed by atoms with Crippen molar-refractivity contribution in [2.24, 2.45) is 0 Å². The fraction of sp³-hybridized carbons (Fsp3) is 0.214. The van der Waals surface area contributed by atoms with Crippen LogP contribution in [0.4, 0.5) is 5.69 Å². The average molecular weight is 240 g/mol. The minimum absolute atomic E-state index is 0.375. The highest BCUT2D eigenvalue weighted by atomic mass is 15.0. The van der Waals surface area contributed by atoms with Gasteiger partial charge in [-0.05, 0) is 18.9 Å². The molecule has 1 aromatic carbocycles. The molecule has 4 nitrogen and oxygen atoms in total. The van der Waals surface area contributed by atoms with E-state index in [2.05, 4.69) is 22.2 Å². The smallest absolute Gasteiger partial charge is 0.130 e. The van der Waals surface area contributed by atoms with Crippen molar-refractivity contribution in [2.45, 2.75) is 20.3 Å². The van der Waals surface area contributed by atoms with Gasteiger partial charge in [-0.2, -0.15) is 0 Å². The highest BCUT2D eigenvalue weighted by Crippen LogP contribution is 2.12. The van der Waals surface area contributed by atoms with E-state index in [0.717, 1.165) is 29.1 Å². The van der Waals surface area contributed by atoms with Crippen LogP contribution in [0.3, 0.4) is 0 Å². The molecule has 0 saturated heterocycles. The van der Waals surface area contributed by atoms with Gasteiger partial charge in [0, 0.05) is 5.56 Å². The third kappa shape index (κ3) is 2.71. The molecular formula is C14H16N4. The Labute approximate surface area is 107 Å². The number of hydrogen-bond donors (Lipinski definition) is 2. The lowest BCUT2D eigenvalue weighted by atomic mass is 10.0. The molecule has 0 amide bonds. The largest absolute Gasteiger partial charge is 0.338 e. The number of hydrogen-bond acceptors (Lipinski definition) is 3. The quantitative estimate of drug-likeness (QED) is 0.640. The molecule has 4 heteroatoms. The summed E-state index contributed by atoms with van der Waals surface area (Å²) in [5.74, 6) is 1.10. The van der Waals surface area contributed by atoms with Gasteiger partial charge >= 0.3 is 0 Å². The first-order chi connectivity index (χ1) is 8.70. The third-order valence-corrected chi connectivity index (χ3v) is 2.72. The molecule has 0 aliphatic carbocycles. The van der Waals surface area contributed by atoms with E-state index >= 15 is 0 Å². The fourth-order valence-corrected chi connectivity index (χ4v) is 1.74. The Morgan fingerprint density at radius 2 is 1.89 bits per heavy atom. The summed E-state index contributed by atoms with van der Waals surface area (Å²) in [4.78, 5) is 8.20. The van der Waals surface area contributed by atoms with Crippen molar-refractivity contribution in [2.75, 3.05) is 5.32 Å². The van der Waals surface area contributed by atoms with Crippen molar-refractivity contribution < 1.29 is 0 Å². The van der Waals surface area contributed by atoms with Crippen molar-refractivity contribution in [1.29, 1.82) is 5.41 Å². The Morgan fingerprint density at radius 1 is 1.22 bits per heavy atom. The number of nitrogens with zero attached hydrogens (tertiary/aromatic N) is 2. The summed E-state index contributed by atoms with van der Waals surface area (Å²) >= 11 is 0. The van der Waals surface area contributed by atoms with Gasteiger partial charge in [-0.25, -0.2) is 9.97 Å². The number of aryl methyl sites for hydroxylation is 2. The summed E-state index contributed by atoms with van der Waals surface area (Å²) in [6, 6.07) is 7.92. The summed E-state index contributed by atoms with van der Waals surface area (Å²) in [5.41, 5.74) is 2.81. The second-order valence-corrected chi connectivity index (χ2v) is 4.03. The molecule has 0 aliphatic rings. The van der Waals surface area contributed by atoms with Crippen LogP contribution in [0.15, 0.2) is 36.7 Å². The Balaban J connectivity index is 2.19. The monoisotopic (exact) mass is 240 g/mol. The van der Waals surface area contributed by atoms with E-state index in [1.807, 2.05) is 31.2 Å². The van der Waals surface area contributed by atoms with Gasteiger partial charge in [-0.15, -0.1) is 0 Å². The maximum absolute atomic E-state index is 8.10. The van der Waals surface area contributed by atoms with Crippen molar-refractivity contribution in [1.82, 2.24) is 9.97 Å². The predicted molar refractivity (Wildman–Crippen MR) is 73.0 cm³/mol. The first-order valence-electron chi connectivity index (χ1n) is 5.93. The minimum atomic E-state index is 0.375. The van der Waals surface area contributed by atoms with Gasteiger partial charge in [0.05, 0.1) is 18.1 Å². The first kappa shape index (κ1) is 12.2. The number of anilines is 1. The van der Waals surface area contributed by atoms with Gasteiger partial charge in [-0.1, -0.05) is 31.2 Å². The molecule has 18 heavy (non-hydrogen) atoms. The predicted octanol–water partition coefficient (Wildman–Crippen LogP) is 2.78. The van der Waals surface area contributed by atoms with E-state index in [-0.39, 0.29) is 0 Å². The number of rotatable bonds is 3. The second-order valence-electron chi connectivity index (χ2n) is 4.03. The molecule has 0 atom stereocenters. The Morgan fingerprint density at radius 3 is 2.56 bits per heavy atom. The lowest BCUT2D eigenvalue weighted by Gasteiger charge is -2.11. The van der Waals surface area contributed by atoms with E-state index in [9.17, 15) is 0 Å². The summed E-state index contributed by atoms with van der Waals surface area (Å²) in [6.45, 7) is 3.92. The lowest BCUT2D eigenvalue weighted by Crippen LogP contribution is -2.14. The number of nitrogens with one attached hydrogen (secondary N) is 2. The van der Waals surface area contributed by atoms with Crippen LogP contribution >= 0.6 is 0 Å². The van der Waals surface area contributed by atoms with Crippen molar-refractivity contribution >= 4 is 11.5 Å². The van der Waals surface area contributed by atoms with E-state index < -0.39 is 0 Å². The topological polar surface area (TPSA) is 61.7 Å². The standard InChI is InChI=1S/C14H16N4/c1-3-11-6-4-5-7-13(11)14(15)18-12-8-16-10(2)17-9-12/h4-9H,3H2,1-2H3,(H2,15,18). The molecule has 0 aliphatic heterocycles. The summed E-state index contributed by atoms with van der Waals surface area (Å²) in [7, 11) is 0. The Kier molecular flexibility index (Phi) is 3.67. The molecule has 1 heterocycles. The second kappa shape index (κ2) is 5.40. The van der Waals surface area contributed by atoms with Gasteiger partial charge in [0.1, 0.15) is 11.7 Å². The number of amidine groups is 1. The Bertz CT molecular complexity index is 546. The van der Waals surface area contributed by atoms with Crippen LogP contribution < -0.4 is 5.32 Å². The number of aromatic nitrogens is 2. The summed E-state index contributed by atoms with van der Waals surface area (Å²) < 4.78 is 0. The number of benzene rings is 1. The molecule has 1 aromatic heterocycles. The molecule has 0 unspecified atom stereocenters. The molecule has 2 N–H and O–H groups in total. The third-order valence-electron chi connectivity index (χ3n) is 2.72. The molecule has 0 fully saturated rings. The maximum atomic E-state index is 8.10. The highest BCUT2D eigenvalue weighted by Gasteiger charge is 2.06. The SMILES string of the molecule is CCc1ccccc1C(=N)Nc1cnc(C)nc1. The average Bonchev–Trinajstić information content (AvgIpc) is 2.41. The van der Waals surface area contributed by atoms with E-state index in [4.69, 9.17) is 5.41 Å². The van der Waals surface area contributed by atoms with Crippen LogP contribution in [-0.4, -0.2) is 15.8 Å². The summed E-state index contributed by atoms with van der Waals surface area (Å²) in [5, 5.41) is 11.1. The van der Waals surface area contributed by atoms with Crippen molar-refractivity contribution in [3.63, 3.8) is 0 Å². The molecule has 0 radical (unpaired) electrons. The first-order valence-corrected chi connectivity index (χ1v) is 5.93. The Hall–Kier alpha value is -2.23. The molecule has 0 saturated carbocycles. The summed E-state index contributed by atoms with van der Waals surface area (Å²) in [6.07, 6.45) is 4.28. The van der Waals surface area contributed by atoms with Crippen LogP contribution in [0, 0.1) is 12.3 Å². The van der Waals surface area contributed by atoms with Gasteiger partial charge in [0.15, 0.2) is 0 Å². The van der Waals surface area contributed by atoms with Crippen LogP contribution in [0.1, 0.15) is 23.9 Å². The molecular weight excluding hydrogens is 224 g/mol. The van der Waals surface area contributed by atoms with Gasteiger partial charge < -0.3 is 5.32 Å². The molecule has 0 spiro atoms. The molecule has 0 bridgehead atoms. The van der Waals surface area contributed by atoms with Gasteiger partial charge in [0.2, 0.25) is 0 Å². The highest BCUT2D eigenvalue weighted by molar-refractivity contribution is 6.06. The zero-order valence-electron chi connectivity index (χ0n) is 10.6. The van der Waals surface area contributed by atoms with E-state index in [1.165, 1.54) is 0 Å². The van der Waals surface area contributed by atoms with Crippen molar-refractivity contribution in [3.8, 4) is 0 Å². The van der Waals surface area contributed by atoms with Crippen LogP contribution in [0.2, 0.25) is 0 Å². The van der Waals surface area contributed by atoms with Gasteiger partial charge in [-0.3, -0.25) is 5.41 Å². The zero-order valence-corrected chi connectivity index (χ0v) is 10.6. The minimum Gasteiger partial charge on any atom is -0.338 e. The van der Waals surface area contributed by atoms with E-state index in [1.54, 1.807) is 12.4 Å². The lowest BCUT2D eigenvalue weighted by molar-refractivity contribution is 1.05. The van der Waals surface area contributed by atoms with Crippen LogP contribution in [0.25, 0.3) is 0 Å². The van der Waals surface area contributed by atoms with Crippen LogP contribution in [0.5, 0.6) is 0 Å². The molecule has 2 aromatic rings. The molecule has 92 valence electrons. The van der Waals surface area contributed by atoms with Crippen molar-refractivity contribution in [3.05, 3.63) is 53.6 Å². The fourth-order valence-electron chi connectivity index (χ4n) is 1.74.